The summed E-state index contributed by atoms with van der Waals surface area (Å²) in [6.45, 7) is 6.96. The number of aryl methyl sites for hydroxylation is 1. The molecular formula is C12H23N3O2. The molecule has 0 radical (unpaired) electrons. The molecule has 1 heterocycles. The molecule has 1 rings (SSSR count). The second-order valence-corrected chi connectivity index (χ2v) is 3.82. The number of methoxy groups -OCH3 is 1. The summed E-state index contributed by atoms with van der Waals surface area (Å²) in [5.74, 6) is 0. The summed E-state index contributed by atoms with van der Waals surface area (Å²) in [5, 5.41) is 3.27. The number of aromatic nitrogens is 2. The van der Waals surface area contributed by atoms with Crippen LogP contribution in [0.2, 0.25) is 0 Å². The summed E-state index contributed by atoms with van der Waals surface area (Å²) in [5.41, 5.74) is 1.07. The predicted molar refractivity (Wildman–Crippen MR) is 66.9 cm³/mol. The number of rotatable bonds is 10. The molecular weight excluding hydrogens is 218 g/mol. The Morgan fingerprint density at radius 1 is 1.41 bits per heavy atom. The monoisotopic (exact) mass is 241 g/mol. The first-order valence-corrected chi connectivity index (χ1v) is 6.15. The highest BCUT2D eigenvalue weighted by atomic mass is 16.5. The van der Waals surface area contributed by atoms with Gasteiger partial charge in [0.05, 0.1) is 18.6 Å². The van der Waals surface area contributed by atoms with Crippen LogP contribution in [0.4, 0.5) is 0 Å². The molecule has 1 N–H and O–H groups in total. The summed E-state index contributed by atoms with van der Waals surface area (Å²) in [4.78, 5) is 4.33. The molecule has 0 saturated carbocycles. The lowest BCUT2D eigenvalue weighted by Crippen LogP contribution is -2.18. The van der Waals surface area contributed by atoms with E-state index in [9.17, 15) is 0 Å². The Balaban J connectivity index is 2.14. The molecule has 98 valence electrons. The third kappa shape index (κ3) is 6.41. The summed E-state index contributed by atoms with van der Waals surface area (Å²) < 4.78 is 12.4. The van der Waals surface area contributed by atoms with Crippen LogP contribution in [0.15, 0.2) is 12.5 Å². The minimum atomic E-state index is 0.731. The third-order valence-electron chi connectivity index (χ3n) is 2.38. The molecule has 0 atom stereocenters. The zero-order chi connectivity index (χ0) is 12.3. The second-order valence-electron chi connectivity index (χ2n) is 3.82. The van der Waals surface area contributed by atoms with Crippen molar-refractivity contribution in [3.8, 4) is 0 Å². The molecule has 17 heavy (non-hydrogen) atoms. The van der Waals surface area contributed by atoms with Crippen molar-refractivity contribution in [1.29, 1.82) is 0 Å². The zero-order valence-electron chi connectivity index (χ0n) is 10.8. The maximum absolute atomic E-state index is 5.29. The lowest BCUT2D eigenvalue weighted by atomic mass is 10.4. The predicted octanol–water partition coefficient (Wildman–Crippen LogP) is 1.05. The molecule has 5 nitrogen and oxygen atoms in total. The van der Waals surface area contributed by atoms with E-state index in [1.54, 1.807) is 7.11 Å². The first kappa shape index (κ1) is 14.2. The van der Waals surface area contributed by atoms with E-state index in [4.69, 9.17) is 9.47 Å². The molecule has 1 aromatic rings. The number of nitrogens with zero attached hydrogens (tertiary/aromatic N) is 2. The van der Waals surface area contributed by atoms with Gasteiger partial charge in [0.1, 0.15) is 0 Å². The van der Waals surface area contributed by atoms with Crippen LogP contribution in [0.5, 0.6) is 0 Å². The van der Waals surface area contributed by atoms with Gasteiger partial charge in [-0.2, -0.15) is 0 Å². The Labute approximate surface area is 103 Å². The van der Waals surface area contributed by atoms with Crippen LogP contribution in [0.3, 0.4) is 0 Å². The highest BCUT2D eigenvalue weighted by Crippen LogP contribution is 1.97. The van der Waals surface area contributed by atoms with Crippen LogP contribution in [0.1, 0.15) is 19.0 Å². The van der Waals surface area contributed by atoms with Gasteiger partial charge in [0.15, 0.2) is 0 Å². The van der Waals surface area contributed by atoms with Gasteiger partial charge in [0.2, 0.25) is 0 Å². The second kappa shape index (κ2) is 9.15. The average Bonchev–Trinajstić information content (AvgIpc) is 2.78. The summed E-state index contributed by atoms with van der Waals surface area (Å²) in [6, 6.07) is 0. The Kier molecular flexibility index (Phi) is 7.62. The number of nitrogens with one attached hydrogen (secondary N) is 1. The van der Waals surface area contributed by atoms with Crippen molar-refractivity contribution in [3.05, 3.63) is 18.2 Å². The largest absolute Gasteiger partial charge is 0.383 e. The van der Waals surface area contributed by atoms with Crippen molar-refractivity contribution in [2.45, 2.75) is 26.4 Å². The normalized spacial score (nSPS) is 10.9. The van der Waals surface area contributed by atoms with Gasteiger partial charge in [-0.3, -0.25) is 0 Å². The topological polar surface area (TPSA) is 48.3 Å². The van der Waals surface area contributed by atoms with Gasteiger partial charge in [-0.15, -0.1) is 0 Å². The quantitative estimate of drug-likeness (QED) is 0.622. The first-order valence-electron chi connectivity index (χ1n) is 6.15. The van der Waals surface area contributed by atoms with Crippen LogP contribution in [-0.2, 0) is 22.6 Å². The molecule has 0 aromatic carbocycles. The lowest BCUT2D eigenvalue weighted by Gasteiger charge is -2.02. The minimum absolute atomic E-state index is 0.731. The molecule has 0 aliphatic rings. The van der Waals surface area contributed by atoms with Crippen molar-refractivity contribution in [2.75, 3.05) is 33.5 Å². The summed E-state index contributed by atoms with van der Waals surface area (Å²) >= 11 is 0. The lowest BCUT2D eigenvalue weighted by molar-refractivity contribution is 0.141. The molecule has 0 saturated heterocycles. The number of ether oxygens (including phenoxy) is 2. The molecule has 0 amide bonds. The van der Waals surface area contributed by atoms with Crippen molar-refractivity contribution in [3.63, 3.8) is 0 Å². The highest BCUT2D eigenvalue weighted by molar-refractivity contribution is 4.95. The van der Waals surface area contributed by atoms with E-state index >= 15 is 0 Å². The van der Waals surface area contributed by atoms with E-state index in [0.29, 0.717) is 0 Å². The Hall–Kier alpha value is -0.910. The Morgan fingerprint density at radius 2 is 2.29 bits per heavy atom. The minimum Gasteiger partial charge on any atom is -0.383 e. The maximum Gasteiger partial charge on any atom is 0.0949 e. The van der Waals surface area contributed by atoms with E-state index < -0.39 is 0 Å². The molecule has 0 unspecified atom stereocenters. The van der Waals surface area contributed by atoms with Crippen molar-refractivity contribution >= 4 is 0 Å². The van der Waals surface area contributed by atoms with Crippen LogP contribution >= 0.6 is 0 Å². The maximum atomic E-state index is 5.29. The van der Waals surface area contributed by atoms with Gasteiger partial charge in [-0.05, 0) is 13.3 Å². The molecule has 0 fully saturated rings. The van der Waals surface area contributed by atoms with E-state index in [0.717, 1.165) is 51.6 Å². The van der Waals surface area contributed by atoms with Gasteiger partial charge < -0.3 is 19.4 Å². The SMILES string of the molecule is CCOCCCn1cnc(CNCCOC)c1. The number of hydrogen-bond acceptors (Lipinski definition) is 4. The van der Waals surface area contributed by atoms with E-state index in [1.165, 1.54) is 0 Å². The van der Waals surface area contributed by atoms with Gasteiger partial charge in [0, 0.05) is 46.2 Å². The number of hydrogen-bond donors (Lipinski definition) is 1. The Bertz CT molecular complexity index is 263. The average molecular weight is 241 g/mol. The highest BCUT2D eigenvalue weighted by Gasteiger charge is 1.98. The molecule has 0 aliphatic heterocycles. The van der Waals surface area contributed by atoms with Crippen molar-refractivity contribution in [2.24, 2.45) is 0 Å². The van der Waals surface area contributed by atoms with Crippen LogP contribution < -0.4 is 5.32 Å². The Morgan fingerprint density at radius 3 is 3.06 bits per heavy atom. The summed E-state index contributed by atoms with van der Waals surface area (Å²) in [6.07, 6.45) is 4.98. The van der Waals surface area contributed by atoms with Gasteiger partial charge in [-0.1, -0.05) is 0 Å². The fourth-order valence-corrected chi connectivity index (χ4v) is 1.50. The first-order chi connectivity index (χ1) is 8.36. The molecule has 0 spiro atoms. The van der Waals surface area contributed by atoms with Crippen LogP contribution in [0, 0.1) is 0 Å². The van der Waals surface area contributed by atoms with Crippen molar-refractivity contribution < 1.29 is 9.47 Å². The van der Waals surface area contributed by atoms with Crippen LogP contribution in [-0.4, -0.2) is 43.0 Å². The van der Waals surface area contributed by atoms with E-state index in [-0.39, 0.29) is 0 Å². The van der Waals surface area contributed by atoms with E-state index in [2.05, 4.69) is 21.1 Å². The van der Waals surface area contributed by atoms with Gasteiger partial charge in [-0.25, -0.2) is 4.98 Å². The van der Waals surface area contributed by atoms with Gasteiger partial charge in [0.25, 0.3) is 0 Å². The third-order valence-corrected chi connectivity index (χ3v) is 2.38. The standard InChI is InChI=1S/C12H23N3O2/c1-3-17-7-4-6-15-10-12(14-11-15)9-13-5-8-16-2/h10-11,13H,3-9H2,1-2H3. The molecule has 1 aromatic heterocycles. The van der Waals surface area contributed by atoms with E-state index in [1.807, 2.05) is 13.3 Å². The number of imidazole rings is 1. The summed E-state index contributed by atoms with van der Waals surface area (Å²) in [7, 11) is 1.70. The van der Waals surface area contributed by atoms with Crippen LogP contribution in [0.25, 0.3) is 0 Å². The molecule has 0 bridgehead atoms. The molecule has 0 aliphatic carbocycles. The fourth-order valence-electron chi connectivity index (χ4n) is 1.50. The molecule has 5 heteroatoms. The smallest absolute Gasteiger partial charge is 0.0949 e. The van der Waals surface area contributed by atoms with Gasteiger partial charge >= 0.3 is 0 Å². The fraction of sp³-hybridized carbons (Fsp3) is 0.750. The van der Waals surface area contributed by atoms with Crippen molar-refractivity contribution in [1.82, 2.24) is 14.9 Å². The zero-order valence-corrected chi connectivity index (χ0v) is 10.8.